The fourth-order valence-electron chi connectivity index (χ4n) is 11.7. The molecule has 0 aliphatic carbocycles. The van der Waals surface area contributed by atoms with E-state index in [1.807, 2.05) is 75.3 Å². The Morgan fingerprint density at radius 3 is 1.03 bits per heavy atom. The van der Waals surface area contributed by atoms with E-state index in [-0.39, 0.29) is 131 Å². The summed E-state index contributed by atoms with van der Waals surface area (Å²) >= 11 is 0. The molecule has 14 N–H and O–H groups in total. The van der Waals surface area contributed by atoms with Gasteiger partial charge in [0.2, 0.25) is 0 Å². The van der Waals surface area contributed by atoms with E-state index in [4.69, 9.17) is 52.2 Å². The van der Waals surface area contributed by atoms with Gasteiger partial charge >= 0.3 is 54.5 Å². The Kier molecular flexibility index (Phi) is 38.7. The highest BCUT2D eigenvalue weighted by molar-refractivity contribution is 7.51. The first kappa shape index (κ1) is 110. The van der Waals surface area contributed by atoms with Crippen molar-refractivity contribution in [3.05, 3.63) is 134 Å². The topological polar surface area (TPSA) is 553 Å². The molecule has 0 saturated heterocycles. The second kappa shape index (κ2) is 41.5. The van der Waals surface area contributed by atoms with E-state index >= 15 is 0 Å². The Bertz CT molecular complexity index is 4730. The fraction of sp³-hybridized carbons (Fsp3) is 0.551. The molecule has 5 rings (SSSR count). The van der Waals surface area contributed by atoms with Crippen molar-refractivity contribution in [2.45, 2.75) is 242 Å². The molecule has 0 saturated carbocycles. The van der Waals surface area contributed by atoms with E-state index in [1.54, 1.807) is 140 Å². The van der Waals surface area contributed by atoms with Gasteiger partial charge in [-0.15, -0.1) is 0 Å². The highest BCUT2D eigenvalue weighted by Gasteiger charge is 2.41. The molecule has 0 amide bonds. The van der Waals surface area contributed by atoms with Crippen LogP contribution >= 0.6 is 54.5 Å². The lowest BCUT2D eigenvalue weighted by Crippen LogP contribution is -2.30. The van der Waals surface area contributed by atoms with Gasteiger partial charge in [0.25, 0.3) is 0 Å². The van der Waals surface area contributed by atoms with Crippen LogP contribution in [0.2, 0.25) is 0 Å². The summed E-state index contributed by atoms with van der Waals surface area (Å²) in [6, 6.07) is 18.8. The molecule has 0 aliphatic rings. The normalized spacial score (nSPS) is 13.0. The van der Waals surface area contributed by atoms with Gasteiger partial charge in [-0.05, 0) is 123 Å². The summed E-state index contributed by atoms with van der Waals surface area (Å²) in [5, 5.41) is 0. The van der Waals surface area contributed by atoms with Crippen LogP contribution in [-0.4, -0.2) is 110 Å². The van der Waals surface area contributed by atoms with Crippen LogP contribution in [0.15, 0.2) is 72.8 Å². The number of carbonyl (C=O) groups is 5. The smallest absolute Gasteiger partial charge is 0.493 e. The molecule has 0 bridgehead atoms. The summed E-state index contributed by atoms with van der Waals surface area (Å²) in [5.74, 6) is 0.331. The number of rotatable bonds is 30. The number of hydrogen-bond donors (Lipinski definition) is 14. The van der Waals surface area contributed by atoms with Gasteiger partial charge in [-0.2, -0.15) is 0 Å². The minimum absolute atomic E-state index is 0.00721. The number of para-hydroxylation sites is 1. The average molecular weight is 1810 g/mol. The lowest BCUT2D eigenvalue weighted by Gasteiger charge is -2.32. The monoisotopic (exact) mass is 1800 g/mol. The molecule has 0 radical (unpaired) electrons. The summed E-state index contributed by atoms with van der Waals surface area (Å²) in [6.45, 7) is 47.9. The van der Waals surface area contributed by atoms with E-state index in [9.17, 15) is 95.1 Å². The van der Waals surface area contributed by atoms with Crippen molar-refractivity contribution in [1.29, 1.82) is 0 Å². The predicted octanol–water partition coefficient (Wildman–Crippen LogP) is 16.2. The lowest BCUT2D eigenvalue weighted by molar-refractivity contribution is -0.128. The third kappa shape index (κ3) is 40.4. The molecule has 118 heavy (non-hydrogen) atoms. The number of benzene rings is 5. The first-order chi connectivity index (χ1) is 52.3. The van der Waals surface area contributed by atoms with Gasteiger partial charge in [0, 0.05) is 97.7 Å². The number of Topliss-reactive ketones (excluding diaryl/α,β-unsaturated/α-hetero) is 5. The molecule has 0 spiro atoms. The second-order valence-electron chi connectivity index (χ2n) is 35.7. The molecule has 0 atom stereocenters. The number of ketones is 5. The molecule has 0 fully saturated rings. The van der Waals surface area contributed by atoms with Crippen LogP contribution in [0.25, 0.3) is 0 Å². The molecule has 0 aromatic heterocycles. The van der Waals surface area contributed by atoms with Crippen molar-refractivity contribution in [1.82, 2.24) is 0 Å². The van der Waals surface area contributed by atoms with Crippen molar-refractivity contribution in [2.75, 3.05) is 12.8 Å². The molecule has 40 heteroatoms. The molecule has 5 aromatic rings. The molecule has 0 heterocycles. The third-order valence-electron chi connectivity index (χ3n) is 17.5. The Morgan fingerprint density at radius 2 is 0.661 bits per heavy atom. The van der Waals surface area contributed by atoms with Crippen molar-refractivity contribution in [3.8, 4) is 40.2 Å². The van der Waals surface area contributed by atoms with Crippen molar-refractivity contribution in [2.24, 2.45) is 27.1 Å². The SMILES string of the molecule is CC(C)(C)C(=O)Cc1cccc(OP(=O)(O)O)c1.CC(C)(C)C(=O)Cc1ccccc1OP(=O)(O)O.Cc1cc(C)c(C(C)(C)CC(=O)C(C)(C)C)c(OP(=O)(O)O)c1.Cc1cc(OP(=O)(O)O)c(C(C)(C)CC(=O)C(C)(C)C)c(C)c1OCCCP(=O)(O)O.Cc1cc(OP(=O)(O)O)c(C(C)(C)CC(=O)C(C)(C)C)c(C)c1OP(=O)(O)O. The maximum absolute atomic E-state index is 12.7. The van der Waals surface area contributed by atoms with Crippen molar-refractivity contribution < 1.29 is 156 Å². The van der Waals surface area contributed by atoms with Gasteiger partial charge in [0.15, 0.2) is 0 Å². The van der Waals surface area contributed by atoms with Crippen LogP contribution in [0.3, 0.4) is 0 Å². The molecule has 5 aromatic carbocycles. The zero-order valence-corrected chi connectivity index (χ0v) is 78.5. The first-order valence-electron chi connectivity index (χ1n) is 36.7. The maximum Gasteiger partial charge on any atom is 0.524 e. The zero-order chi connectivity index (χ0) is 92.9. The van der Waals surface area contributed by atoms with Crippen molar-refractivity contribution in [3.63, 3.8) is 0 Å². The highest BCUT2D eigenvalue weighted by atomic mass is 31.2. The summed E-state index contributed by atoms with van der Waals surface area (Å²) in [7, 11) is -32.7. The largest absolute Gasteiger partial charge is 0.524 e. The standard InChI is InChI=1S/C20H34O9P2.C17H28O9P2.C17H27O5P.2C12H17O5P/c1-13-11-15(29-31(25,26)27)17(20(6,7)12-16(21)19(3,4)5)14(2)18(13)28-9-8-10-30(22,23)24;1-10-8-12(25-27(19,20)21)14(11(2)15(10)26-28(22,23)24)17(6,7)9-13(18)16(3,4)5;1-11-8-12(2)15(13(9-11)22-23(19,20)21)17(6,7)10-14(18)16(3,4)5;1-12(2,3)11(13)8-9-5-4-6-10(7-9)17-18(14,15)16;1-12(2,3)11(13)8-9-6-4-5-7-10(9)17-18(14,15)16/h11H,8-10,12H2,1-7H3,(H2,22,23,24)(H2,25,26,27);8H,9H2,1-7H3,(H2,19,20,21)(H2,22,23,24);8-9H,10H2,1-7H3,(H2,19,20,21);2*4-7H,8H2,1-3H3,(H2,14,15,16). The van der Waals surface area contributed by atoms with E-state index in [2.05, 4.69) is 9.05 Å². The number of phosphoric acid groups is 6. The van der Waals surface area contributed by atoms with E-state index in [1.165, 1.54) is 44.2 Å². The van der Waals surface area contributed by atoms with Gasteiger partial charge in [-0.3, -0.25) is 87.3 Å². The van der Waals surface area contributed by atoms with Crippen LogP contribution in [0.4, 0.5) is 0 Å². The minimum Gasteiger partial charge on any atom is -0.493 e. The highest BCUT2D eigenvalue weighted by Crippen LogP contribution is 2.53. The van der Waals surface area contributed by atoms with E-state index in [0.717, 1.165) is 11.1 Å². The number of hydrogen-bond acceptors (Lipinski definition) is 19. The number of ether oxygens (including phenoxy) is 1. The van der Waals surface area contributed by atoms with Gasteiger partial charge < -0.3 is 41.7 Å². The quantitative estimate of drug-likeness (QED) is 0.0150. The first-order valence-corrected chi connectivity index (χ1v) is 47.7. The van der Waals surface area contributed by atoms with Gasteiger partial charge in [0.1, 0.15) is 69.2 Å². The molecule has 33 nitrogen and oxygen atoms in total. The minimum atomic E-state index is -4.93. The van der Waals surface area contributed by atoms with E-state index < -0.39 is 97.9 Å². The Morgan fingerprint density at radius 1 is 0.331 bits per heavy atom. The molecule has 0 unspecified atom stereocenters. The average Bonchev–Trinajstić information content (AvgIpc) is 0.766. The van der Waals surface area contributed by atoms with Crippen LogP contribution in [-0.2, 0) is 85.0 Å². The predicted molar refractivity (Wildman–Crippen MR) is 446 cm³/mol. The molecular formula is C78H123O33P7. The summed E-state index contributed by atoms with van der Waals surface area (Å²) in [5.41, 5.74) is 0.589. The number of aryl methyl sites for hydroxylation is 4. The third-order valence-corrected chi connectivity index (χ3v) is 21.0. The Balaban J connectivity index is 0.000000749. The molecule has 668 valence electrons. The Labute approximate surface area is 692 Å². The van der Waals surface area contributed by atoms with Crippen LogP contribution in [0.1, 0.15) is 232 Å². The van der Waals surface area contributed by atoms with Crippen LogP contribution < -0.4 is 31.9 Å². The summed E-state index contributed by atoms with van der Waals surface area (Å²) < 4.78 is 113. The second-order valence-corrected chi connectivity index (χ2v) is 44.5. The van der Waals surface area contributed by atoms with Gasteiger partial charge in [-0.25, -0.2) is 27.4 Å². The summed E-state index contributed by atoms with van der Waals surface area (Å²) in [4.78, 5) is 189. The number of carbonyl (C=O) groups excluding carboxylic acids is 5. The number of phosphoric ester groups is 6. The Hall–Kier alpha value is -5.90. The van der Waals surface area contributed by atoms with Crippen LogP contribution in [0, 0.1) is 68.6 Å². The van der Waals surface area contributed by atoms with Gasteiger partial charge in [-0.1, -0.05) is 182 Å². The summed E-state index contributed by atoms with van der Waals surface area (Å²) in [6.07, 6.45) is 0.482. The maximum atomic E-state index is 12.7. The zero-order valence-electron chi connectivity index (χ0n) is 72.2. The van der Waals surface area contributed by atoms with Crippen LogP contribution in [0.5, 0.6) is 40.2 Å². The molecular weight excluding hydrogens is 1680 g/mol. The van der Waals surface area contributed by atoms with Gasteiger partial charge in [0.05, 0.1) is 12.8 Å². The fourth-order valence-corrected chi connectivity index (χ4v) is 14.8. The van der Waals surface area contributed by atoms with Crippen molar-refractivity contribution >= 4 is 83.4 Å². The van der Waals surface area contributed by atoms with E-state index in [0.29, 0.717) is 39.1 Å². The molecule has 0 aliphatic heterocycles. The lowest BCUT2D eigenvalue weighted by atomic mass is 9.73.